The zero-order chi connectivity index (χ0) is 21.8. The molecule has 1 aromatic carbocycles. The molecule has 0 aliphatic rings. The maximum Gasteiger partial charge on any atom is 0.262 e. The number of thioether (sulfide) groups is 1. The predicted molar refractivity (Wildman–Crippen MR) is 121 cm³/mol. The van der Waals surface area contributed by atoms with E-state index >= 15 is 0 Å². The van der Waals surface area contributed by atoms with Gasteiger partial charge in [-0.15, -0.1) is 0 Å². The average molecular weight is 467 g/mol. The largest absolute Gasteiger partial charge is 0.383 e. The molecule has 0 spiro atoms. The number of benzene rings is 1. The van der Waals surface area contributed by atoms with Gasteiger partial charge in [-0.05, 0) is 32.0 Å². The molecule has 7 nitrogen and oxygen atoms in total. The summed E-state index contributed by atoms with van der Waals surface area (Å²) in [4.78, 5) is 34.5. The summed E-state index contributed by atoms with van der Waals surface area (Å²) in [6.45, 7) is 3.92. The van der Waals surface area contributed by atoms with Gasteiger partial charge in [0.1, 0.15) is 0 Å². The first-order valence-electron chi connectivity index (χ1n) is 9.10. The molecule has 0 unspecified atom stereocenters. The highest BCUT2D eigenvalue weighted by Gasteiger charge is 2.22. The molecule has 0 aliphatic heterocycles. The van der Waals surface area contributed by atoms with Crippen molar-refractivity contribution < 1.29 is 9.53 Å². The molecule has 158 valence electrons. The number of pyridine rings is 1. The van der Waals surface area contributed by atoms with Gasteiger partial charge in [0.15, 0.2) is 11.0 Å². The van der Waals surface area contributed by atoms with Crippen molar-refractivity contribution in [3.05, 3.63) is 56.9 Å². The summed E-state index contributed by atoms with van der Waals surface area (Å²) in [5.41, 5.74) is 0.392. The molecule has 0 saturated heterocycles. The Morgan fingerprint density at radius 1 is 1.30 bits per heavy atom. The highest BCUT2D eigenvalue weighted by molar-refractivity contribution is 8.00. The molecule has 0 aliphatic carbocycles. The number of carbonyl (C=O) groups excluding carboxylic acids is 1. The Bertz CT molecular complexity index is 1140. The van der Waals surface area contributed by atoms with Crippen LogP contribution < -0.4 is 10.9 Å². The molecule has 0 radical (unpaired) electrons. The fourth-order valence-electron chi connectivity index (χ4n) is 2.85. The van der Waals surface area contributed by atoms with E-state index in [1.807, 2.05) is 13.0 Å². The van der Waals surface area contributed by atoms with Crippen LogP contribution in [0, 0.1) is 0 Å². The minimum Gasteiger partial charge on any atom is -0.383 e. The van der Waals surface area contributed by atoms with Gasteiger partial charge in [0.2, 0.25) is 5.91 Å². The van der Waals surface area contributed by atoms with Crippen LogP contribution in [0.2, 0.25) is 10.0 Å². The second kappa shape index (κ2) is 9.78. The number of hydrogen-bond donors (Lipinski definition) is 1. The van der Waals surface area contributed by atoms with E-state index in [2.05, 4.69) is 15.3 Å². The van der Waals surface area contributed by atoms with Gasteiger partial charge < -0.3 is 10.1 Å². The molecule has 0 saturated carbocycles. The number of aromatic nitrogens is 3. The second-order valence-electron chi connectivity index (χ2n) is 6.62. The monoisotopic (exact) mass is 466 g/mol. The highest BCUT2D eigenvalue weighted by atomic mass is 35.5. The average Bonchev–Trinajstić information content (AvgIpc) is 2.70. The van der Waals surface area contributed by atoms with Crippen LogP contribution in [-0.2, 0) is 9.53 Å². The molecular weight excluding hydrogens is 447 g/mol. The number of nitrogens with zero attached hydrogens (tertiary/aromatic N) is 3. The quantitative estimate of drug-likeness (QED) is 0.409. The molecule has 3 aromatic rings. The van der Waals surface area contributed by atoms with Crippen LogP contribution in [0.25, 0.3) is 10.9 Å². The number of fused-ring (bicyclic) bond motifs is 1. The summed E-state index contributed by atoms with van der Waals surface area (Å²) < 4.78 is 6.79. The first-order chi connectivity index (χ1) is 14.3. The summed E-state index contributed by atoms with van der Waals surface area (Å²) in [6, 6.07) is 8.36. The Labute approximate surface area is 187 Å². The number of carbonyl (C=O) groups is 1. The highest BCUT2D eigenvalue weighted by Crippen LogP contribution is 2.27. The third-order valence-electron chi connectivity index (χ3n) is 4.32. The number of nitrogens with one attached hydrogen (secondary N) is 1. The molecule has 30 heavy (non-hydrogen) atoms. The topological polar surface area (TPSA) is 86.1 Å². The van der Waals surface area contributed by atoms with Gasteiger partial charge in [-0.3, -0.25) is 14.2 Å². The van der Waals surface area contributed by atoms with Crippen molar-refractivity contribution in [2.45, 2.75) is 30.3 Å². The van der Waals surface area contributed by atoms with Crippen molar-refractivity contribution in [1.29, 1.82) is 0 Å². The van der Waals surface area contributed by atoms with Crippen LogP contribution in [0.3, 0.4) is 0 Å². The van der Waals surface area contributed by atoms with E-state index < -0.39 is 5.25 Å². The van der Waals surface area contributed by atoms with Gasteiger partial charge >= 0.3 is 0 Å². The van der Waals surface area contributed by atoms with Crippen LogP contribution >= 0.6 is 35.0 Å². The third-order valence-corrected chi connectivity index (χ3v) is 5.89. The van der Waals surface area contributed by atoms with Gasteiger partial charge in [0.05, 0.1) is 38.8 Å². The summed E-state index contributed by atoms with van der Waals surface area (Å²) in [5.74, 6) is -0.111. The minimum atomic E-state index is -0.576. The van der Waals surface area contributed by atoms with E-state index in [-0.39, 0.29) is 28.3 Å². The lowest BCUT2D eigenvalue weighted by Gasteiger charge is -2.20. The Morgan fingerprint density at radius 3 is 2.73 bits per heavy atom. The normalized spacial score (nSPS) is 13.2. The van der Waals surface area contributed by atoms with Gasteiger partial charge in [0.25, 0.3) is 5.56 Å². The molecular formula is C20H20Cl2N4O3S. The van der Waals surface area contributed by atoms with Crippen molar-refractivity contribution in [2.24, 2.45) is 0 Å². The van der Waals surface area contributed by atoms with E-state index in [1.54, 1.807) is 36.8 Å². The Morgan fingerprint density at radius 2 is 2.03 bits per heavy atom. The summed E-state index contributed by atoms with van der Waals surface area (Å²) >= 11 is 13.1. The van der Waals surface area contributed by atoms with Gasteiger partial charge in [0, 0.05) is 13.3 Å². The molecule has 2 aromatic heterocycles. The number of amides is 1. The van der Waals surface area contributed by atoms with E-state index in [0.717, 1.165) is 0 Å². The van der Waals surface area contributed by atoms with Gasteiger partial charge in [-0.1, -0.05) is 47.1 Å². The standard InChI is InChI=1S/C20H20Cl2N4O3S/c1-11(10-29-3)26-19(28)14-6-4-5-7-16(14)24-20(26)30-12(2)18(27)25-17-15(22)8-13(21)9-23-17/h4-9,11-12H,10H2,1-3H3,(H,23,25,27)/t11-,12-/m0/s1. The molecule has 2 heterocycles. The maximum absolute atomic E-state index is 13.1. The molecule has 1 N–H and O–H groups in total. The summed E-state index contributed by atoms with van der Waals surface area (Å²) in [7, 11) is 1.57. The number of anilines is 1. The van der Waals surface area contributed by atoms with Crippen molar-refractivity contribution in [1.82, 2.24) is 14.5 Å². The molecule has 0 bridgehead atoms. The number of rotatable bonds is 7. The lowest BCUT2D eigenvalue weighted by atomic mass is 10.2. The van der Waals surface area contributed by atoms with Crippen molar-refractivity contribution >= 4 is 57.6 Å². The van der Waals surface area contributed by atoms with E-state index in [4.69, 9.17) is 27.9 Å². The fourth-order valence-corrected chi connectivity index (χ4v) is 4.29. The lowest BCUT2D eigenvalue weighted by molar-refractivity contribution is -0.115. The van der Waals surface area contributed by atoms with Crippen LogP contribution in [0.1, 0.15) is 19.9 Å². The molecule has 3 rings (SSSR count). The lowest BCUT2D eigenvalue weighted by Crippen LogP contribution is -2.30. The first-order valence-corrected chi connectivity index (χ1v) is 10.7. The van der Waals surface area contributed by atoms with Gasteiger partial charge in [-0.25, -0.2) is 9.97 Å². The molecule has 0 fully saturated rings. The Balaban J connectivity index is 1.92. The van der Waals surface area contributed by atoms with E-state index in [9.17, 15) is 9.59 Å². The van der Waals surface area contributed by atoms with E-state index in [1.165, 1.54) is 24.0 Å². The van der Waals surface area contributed by atoms with Crippen LogP contribution in [0.15, 0.2) is 46.5 Å². The van der Waals surface area contributed by atoms with Crippen LogP contribution in [0.4, 0.5) is 5.82 Å². The predicted octanol–water partition coefficient (Wildman–Crippen LogP) is 4.43. The number of halogens is 2. The van der Waals surface area contributed by atoms with Gasteiger partial charge in [-0.2, -0.15) is 0 Å². The number of hydrogen-bond acceptors (Lipinski definition) is 6. The molecule has 2 atom stereocenters. The SMILES string of the molecule is COC[C@H](C)n1c(S[C@@H](C)C(=O)Nc2ncc(Cl)cc2Cl)nc2ccccc2c1=O. The number of ether oxygens (including phenoxy) is 1. The Kier molecular flexibility index (Phi) is 7.36. The minimum absolute atomic E-state index is 0.178. The van der Waals surface area contributed by atoms with Crippen molar-refractivity contribution in [3.63, 3.8) is 0 Å². The van der Waals surface area contributed by atoms with Crippen molar-refractivity contribution in [3.8, 4) is 0 Å². The first kappa shape index (κ1) is 22.6. The summed E-state index contributed by atoms with van der Waals surface area (Å²) in [5, 5.41) is 3.66. The van der Waals surface area contributed by atoms with Crippen LogP contribution in [-0.4, -0.2) is 39.4 Å². The molecule has 10 heteroatoms. The number of methoxy groups -OCH3 is 1. The number of para-hydroxylation sites is 1. The third kappa shape index (κ3) is 4.95. The van der Waals surface area contributed by atoms with Crippen LogP contribution in [0.5, 0.6) is 0 Å². The Hall–Kier alpha value is -2.13. The van der Waals surface area contributed by atoms with E-state index in [0.29, 0.717) is 27.7 Å². The fraction of sp³-hybridized carbons (Fsp3) is 0.300. The zero-order valence-corrected chi connectivity index (χ0v) is 18.9. The second-order valence-corrected chi connectivity index (χ2v) is 8.78. The van der Waals surface area contributed by atoms with Crippen molar-refractivity contribution in [2.75, 3.05) is 19.0 Å². The maximum atomic E-state index is 13.1. The smallest absolute Gasteiger partial charge is 0.262 e. The molecule has 1 amide bonds. The summed E-state index contributed by atoms with van der Waals surface area (Å²) in [6.07, 6.45) is 1.40. The zero-order valence-electron chi connectivity index (χ0n) is 16.6.